The first-order valence-corrected chi connectivity index (χ1v) is 6.75. The topological polar surface area (TPSA) is 84.6 Å². The highest BCUT2D eigenvalue weighted by atomic mass is 16.6. The van der Waals surface area contributed by atoms with Crippen LogP contribution in [0.15, 0.2) is 18.2 Å². The molecule has 1 rings (SSSR count). The summed E-state index contributed by atoms with van der Waals surface area (Å²) in [5.41, 5.74) is 6.44. The number of phenols is 1. The maximum atomic E-state index is 11.6. The minimum atomic E-state index is -0.587. The maximum absolute atomic E-state index is 11.6. The number of amides is 1. The fourth-order valence-electron chi connectivity index (χ4n) is 1.65. The quantitative estimate of drug-likeness (QED) is 0.740. The lowest BCUT2D eigenvalue weighted by atomic mass is 10.1. The second-order valence-electron chi connectivity index (χ2n) is 5.99. The zero-order valence-corrected chi connectivity index (χ0v) is 12.6. The van der Waals surface area contributed by atoms with Gasteiger partial charge in [0.25, 0.3) is 0 Å². The largest absolute Gasteiger partial charge is 0.506 e. The normalized spacial score (nSPS) is 12.8. The Morgan fingerprint density at radius 1 is 1.45 bits per heavy atom. The van der Waals surface area contributed by atoms with Crippen molar-refractivity contribution in [1.82, 2.24) is 0 Å². The summed E-state index contributed by atoms with van der Waals surface area (Å²) >= 11 is 0. The Hall–Kier alpha value is -1.75. The summed E-state index contributed by atoms with van der Waals surface area (Å²) in [5, 5.41) is 12.4. The Balaban J connectivity index is 2.66. The summed E-state index contributed by atoms with van der Waals surface area (Å²) in [6.07, 6.45) is 1.05. The Kier molecular flexibility index (Phi) is 5.39. The highest BCUT2D eigenvalue weighted by Gasteiger charge is 2.17. The molecule has 1 aromatic carbocycles. The molecule has 0 aliphatic carbocycles. The predicted octanol–water partition coefficient (Wildman–Crippen LogP) is 3.02. The van der Waals surface area contributed by atoms with E-state index in [-0.39, 0.29) is 11.8 Å². The van der Waals surface area contributed by atoms with Crippen LogP contribution in [0.5, 0.6) is 5.75 Å². The fraction of sp³-hybridized carbons (Fsp3) is 0.533. The molecular formula is C15H24N2O3. The van der Waals surface area contributed by atoms with E-state index in [9.17, 15) is 9.90 Å². The molecule has 0 saturated heterocycles. The van der Waals surface area contributed by atoms with E-state index >= 15 is 0 Å². The van der Waals surface area contributed by atoms with E-state index in [0.29, 0.717) is 5.69 Å². The van der Waals surface area contributed by atoms with Crippen molar-refractivity contribution in [3.05, 3.63) is 23.8 Å². The zero-order chi connectivity index (χ0) is 15.3. The number of phenolic OH excluding ortho intramolecular Hbond substituents is 1. The molecule has 5 nitrogen and oxygen atoms in total. The van der Waals surface area contributed by atoms with Crippen LogP contribution >= 0.6 is 0 Å². The molecule has 0 radical (unpaired) electrons. The monoisotopic (exact) mass is 280 g/mol. The van der Waals surface area contributed by atoms with Crippen molar-refractivity contribution in [2.45, 2.75) is 52.2 Å². The third-order valence-corrected chi connectivity index (χ3v) is 2.59. The van der Waals surface area contributed by atoms with E-state index in [1.165, 1.54) is 0 Å². The molecule has 1 amide bonds. The molecule has 0 heterocycles. The molecule has 112 valence electrons. The molecule has 0 aliphatic heterocycles. The second kappa shape index (κ2) is 6.61. The minimum absolute atomic E-state index is 0.0260. The molecule has 1 aromatic rings. The van der Waals surface area contributed by atoms with Crippen LogP contribution < -0.4 is 11.1 Å². The summed E-state index contributed by atoms with van der Waals surface area (Å²) in [4.78, 5) is 11.6. The van der Waals surface area contributed by atoms with Crippen molar-refractivity contribution in [2.75, 3.05) is 5.32 Å². The van der Waals surface area contributed by atoms with Crippen LogP contribution in [-0.4, -0.2) is 22.8 Å². The highest BCUT2D eigenvalue weighted by Crippen LogP contribution is 2.25. The van der Waals surface area contributed by atoms with Gasteiger partial charge in [0, 0.05) is 6.04 Å². The number of rotatable bonds is 4. The average molecular weight is 280 g/mol. The number of aromatic hydroxyl groups is 1. The van der Waals surface area contributed by atoms with Gasteiger partial charge in [-0.15, -0.1) is 0 Å². The van der Waals surface area contributed by atoms with Gasteiger partial charge in [-0.1, -0.05) is 6.07 Å². The molecule has 0 spiro atoms. The molecule has 20 heavy (non-hydrogen) atoms. The SMILES string of the molecule is CC(N)CCc1ccc(NC(=O)OC(C)(C)C)c(O)c1. The van der Waals surface area contributed by atoms with Crippen LogP contribution in [0.2, 0.25) is 0 Å². The zero-order valence-electron chi connectivity index (χ0n) is 12.6. The number of hydrogen-bond acceptors (Lipinski definition) is 4. The number of anilines is 1. The first kappa shape index (κ1) is 16.3. The minimum Gasteiger partial charge on any atom is -0.506 e. The summed E-state index contributed by atoms with van der Waals surface area (Å²) < 4.78 is 5.13. The molecule has 0 aliphatic rings. The molecule has 1 unspecified atom stereocenters. The molecule has 0 bridgehead atoms. The number of aryl methyl sites for hydroxylation is 1. The number of nitrogens with one attached hydrogen (secondary N) is 1. The van der Waals surface area contributed by atoms with Gasteiger partial charge in [0.1, 0.15) is 11.4 Å². The second-order valence-corrected chi connectivity index (χ2v) is 5.99. The number of nitrogens with two attached hydrogens (primary N) is 1. The van der Waals surface area contributed by atoms with Gasteiger partial charge < -0.3 is 15.6 Å². The van der Waals surface area contributed by atoms with E-state index in [4.69, 9.17) is 10.5 Å². The summed E-state index contributed by atoms with van der Waals surface area (Å²) in [5.74, 6) is 0.0260. The summed E-state index contributed by atoms with van der Waals surface area (Å²) in [7, 11) is 0. The van der Waals surface area contributed by atoms with Gasteiger partial charge in [-0.25, -0.2) is 4.79 Å². The third-order valence-electron chi connectivity index (χ3n) is 2.59. The van der Waals surface area contributed by atoms with Gasteiger partial charge in [-0.3, -0.25) is 5.32 Å². The van der Waals surface area contributed by atoms with Gasteiger partial charge in [0.05, 0.1) is 5.69 Å². The van der Waals surface area contributed by atoms with Crippen LogP contribution in [-0.2, 0) is 11.2 Å². The number of carbonyl (C=O) groups excluding carboxylic acids is 1. The molecule has 4 N–H and O–H groups in total. The molecule has 1 atom stereocenters. The van der Waals surface area contributed by atoms with Crippen LogP contribution in [0.4, 0.5) is 10.5 Å². The highest BCUT2D eigenvalue weighted by molar-refractivity contribution is 5.86. The summed E-state index contributed by atoms with van der Waals surface area (Å²) in [6.45, 7) is 7.29. The lowest BCUT2D eigenvalue weighted by Crippen LogP contribution is -2.27. The van der Waals surface area contributed by atoms with E-state index in [0.717, 1.165) is 18.4 Å². The van der Waals surface area contributed by atoms with Crippen molar-refractivity contribution < 1.29 is 14.6 Å². The van der Waals surface area contributed by atoms with Gasteiger partial charge in [0.2, 0.25) is 0 Å². The van der Waals surface area contributed by atoms with Crippen LogP contribution in [0.1, 0.15) is 39.7 Å². The van der Waals surface area contributed by atoms with E-state index < -0.39 is 11.7 Å². The van der Waals surface area contributed by atoms with Crippen LogP contribution in [0, 0.1) is 0 Å². The van der Waals surface area contributed by atoms with Gasteiger partial charge in [-0.2, -0.15) is 0 Å². The number of ether oxygens (including phenoxy) is 1. The molecular weight excluding hydrogens is 256 g/mol. The van der Waals surface area contributed by atoms with Crippen molar-refractivity contribution in [3.63, 3.8) is 0 Å². The smallest absolute Gasteiger partial charge is 0.412 e. The summed E-state index contributed by atoms with van der Waals surface area (Å²) in [6, 6.07) is 5.27. The standard InChI is InChI=1S/C15H24N2O3/c1-10(16)5-6-11-7-8-12(13(18)9-11)17-14(19)20-15(2,3)4/h7-10,18H,5-6,16H2,1-4H3,(H,17,19). The third kappa shape index (κ3) is 5.93. The molecule has 5 heteroatoms. The first-order valence-electron chi connectivity index (χ1n) is 6.75. The lowest BCUT2D eigenvalue weighted by Gasteiger charge is -2.20. The van der Waals surface area contributed by atoms with Crippen LogP contribution in [0.3, 0.4) is 0 Å². The maximum Gasteiger partial charge on any atom is 0.412 e. The molecule has 0 saturated carbocycles. The van der Waals surface area contributed by atoms with E-state index in [1.807, 2.05) is 13.0 Å². The van der Waals surface area contributed by atoms with Gasteiger partial charge >= 0.3 is 6.09 Å². The lowest BCUT2D eigenvalue weighted by molar-refractivity contribution is 0.0635. The Morgan fingerprint density at radius 2 is 2.10 bits per heavy atom. The number of benzene rings is 1. The van der Waals surface area contributed by atoms with E-state index in [1.54, 1.807) is 32.9 Å². The number of carbonyl (C=O) groups is 1. The average Bonchev–Trinajstić information content (AvgIpc) is 2.27. The Labute approximate surface area is 120 Å². The van der Waals surface area contributed by atoms with E-state index in [2.05, 4.69) is 5.32 Å². The number of hydrogen-bond donors (Lipinski definition) is 3. The predicted molar refractivity (Wildman–Crippen MR) is 79.9 cm³/mol. The molecule has 0 aromatic heterocycles. The van der Waals surface area contributed by atoms with Crippen LogP contribution in [0.25, 0.3) is 0 Å². The molecule has 0 fully saturated rings. The van der Waals surface area contributed by atoms with Crippen molar-refractivity contribution in [2.24, 2.45) is 5.73 Å². The van der Waals surface area contributed by atoms with Gasteiger partial charge in [-0.05, 0) is 58.2 Å². The first-order chi connectivity index (χ1) is 9.17. The van der Waals surface area contributed by atoms with Crippen molar-refractivity contribution >= 4 is 11.8 Å². The van der Waals surface area contributed by atoms with Crippen molar-refractivity contribution in [3.8, 4) is 5.75 Å². The van der Waals surface area contributed by atoms with Crippen molar-refractivity contribution in [1.29, 1.82) is 0 Å². The Morgan fingerprint density at radius 3 is 2.60 bits per heavy atom. The Bertz CT molecular complexity index is 465. The fourth-order valence-corrected chi connectivity index (χ4v) is 1.65. The van der Waals surface area contributed by atoms with Gasteiger partial charge in [0.15, 0.2) is 0 Å².